The second-order valence-corrected chi connectivity index (χ2v) is 5.58. The number of methoxy groups -OCH3 is 1. The third-order valence-electron chi connectivity index (χ3n) is 3.83. The fourth-order valence-electron chi connectivity index (χ4n) is 2.59. The van der Waals surface area contributed by atoms with Crippen LogP contribution in [0.15, 0.2) is 36.7 Å². The summed E-state index contributed by atoms with van der Waals surface area (Å²) in [6.45, 7) is 4.45. The van der Waals surface area contributed by atoms with Crippen LogP contribution in [0, 0.1) is 5.92 Å². The molecule has 112 valence electrons. The van der Waals surface area contributed by atoms with Crippen LogP contribution in [-0.2, 0) is 6.42 Å². The number of aromatic nitrogens is 2. The van der Waals surface area contributed by atoms with Gasteiger partial charge in [0.1, 0.15) is 5.82 Å². The van der Waals surface area contributed by atoms with Crippen molar-refractivity contribution in [2.75, 3.05) is 12.8 Å². The van der Waals surface area contributed by atoms with E-state index in [0.717, 1.165) is 18.4 Å². The molecule has 0 aliphatic heterocycles. The number of ether oxygens (including phenoxy) is 1. The summed E-state index contributed by atoms with van der Waals surface area (Å²) in [5, 5.41) is 0. The van der Waals surface area contributed by atoms with Gasteiger partial charge in [0.25, 0.3) is 0 Å². The zero-order valence-electron chi connectivity index (χ0n) is 12.9. The molecule has 0 aliphatic rings. The minimum Gasteiger partial charge on any atom is -0.481 e. The number of pyridine rings is 2. The third-order valence-corrected chi connectivity index (χ3v) is 3.83. The summed E-state index contributed by atoms with van der Waals surface area (Å²) in [5.74, 6) is 2.21. The van der Waals surface area contributed by atoms with E-state index in [9.17, 15) is 0 Å². The highest BCUT2D eigenvalue weighted by atomic mass is 16.5. The van der Waals surface area contributed by atoms with Gasteiger partial charge < -0.3 is 10.5 Å². The summed E-state index contributed by atoms with van der Waals surface area (Å²) in [6, 6.07) is 8.00. The van der Waals surface area contributed by atoms with Crippen molar-refractivity contribution >= 4 is 5.82 Å². The Bertz CT molecular complexity index is 567. The Morgan fingerprint density at radius 2 is 2.00 bits per heavy atom. The Morgan fingerprint density at radius 1 is 1.19 bits per heavy atom. The van der Waals surface area contributed by atoms with Gasteiger partial charge >= 0.3 is 0 Å². The standard InChI is InChI=1S/C17H23N3O/c1-12(2)14(15-5-4-10-19-17(15)18)8-6-13-7-9-16(21-3)20-11-13/h4-5,7,9-12,14H,6,8H2,1-3H3,(H2,18,19)/t14-/m0/s1. The van der Waals surface area contributed by atoms with Crippen LogP contribution in [0.25, 0.3) is 0 Å². The van der Waals surface area contributed by atoms with Gasteiger partial charge in [0, 0.05) is 18.5 Å². The maximum atomic E-state index is 6.03. The Balaban J connectivity index is 2.08. The van der Waals surface area contributed by atoms with Crippen molar-refractivity contribution in [3.63, 3.8) is 0 Å². The highest BCUT2D eigenvalue weighted by Crippen LogP contribution is 2.31. The fraction of sp³-hybridized carbons (Fsp3) is 0.412. The molecule has 2 heterocycles. The Kier molecular flexibility index (Phi) is 5.14. The molecule has 4 nitrogen and oxygen atoms in total. The van der Waals surface area contributed by atoms with E-state index in [0.29, 0.717) is 23.5 Å². The first-order valence-corrected chi connectivity index (χ1v) is 7.31. The Hall–Kier alpha value is -2.10. The van der Waals surface area contributed by atoms with Crippen molar-refractivity contribution in [3.05, 3.63) is 47.8 Å². The fourth-order valence-corrected chi connectivity index (χ4v) is 2.59. The zero-order chi connectivity index (χ0) is 15.2. The van der Waals surface area contributed by atoms with Crippen LogP contribution in [0.2, 0.25) is 0 Å². The molecule has 2 aromatic rings. The van der Waals surface area contributed by atoms with Crippen molar-refractivity contribution in [1.29, 1.82) is 0 Å². The maximum absolute atomic E-state index is 6.03. The van der Waals surface area contributed by atoms with Gasteiger partial charge in [-0.1, -0.05) is 26.0 Å². The molecule has 0 bridgehead atoms. The molecule has 4 heteroatoms. The van der Waals surface area contributed by atoms with Crippen LogP contribution in [-0.4, -0.2) is 17.1 Å². The quantitative estimate of drug-likeness (QED) is 0.883. The summed E-state index contributed by atoms with van der Waals surface area (Å²) in [5.41, 5.74) is 8.39. The maximum Gasteiger partial charge on any atom is 0.212 e. The van der Waals surface area contributed by atoms with Crippen LogP contribution >= 0.6 is 0 Å². The molecule has 2 rings (SSSR count). The largest absolute Gasteiger partial charge is 0.481 e. The molecule has 2 aromatic heterocycles. The van der Waals surface area contributed by atoms with Gasteiger partial charge in [-0.2, -0.15) is 0 Å². The smallest absolute Gasteiger partial charge is 0.212 e. The molecule has 0 saturated heterocycles. The van der Waals surface area contributed by atoms with Crippen molar-refractivity contribution in [2.24, 2.45) is 5.92 Å². The number of nitrogens with two attached hydrogens (primary N) is 1. The second-order valence-electron chi connectivity index (χ2n) is 5.58. The molecular weight excluding hydrogens is 262 g/mol. The lowest BCUT2D eigenvalue weighted by molar-refractivity contribution is 0.397. The molecule has 1 atom stereocenters. The van der Waals surface area contributed by atoms with E-state index in [1.165, 1.54) is 5.56 Å². The van der Waals surface area contributed by atoms with Crippen molar-refractivity contribution in [3.8, 4) is 5.88 Å². The lowest BCUT2D eigenvalue weighted by Gasteiger charge is -2.22. The van der Waals surface area contributed by atoms with Crippen molar-refractivity contribution in [1.82, 2.24) is 9.97 Å². The Morgan fingerprint density at radius 3 is 2.57 bits per heavy atom. The van der Waals surface area contributed by atoms with Gasteiger partial charge in [0.05, 0.1) is 7.11 Å². The molecule has 0 amide bonds. The highest BCUT2D eigenvalue weighted by Gasteiger charge is 2.18. The van der Waals surface area contributed by atoms with Gasteiger partial charge in [-0.25, -0.2) is 9.97 Å². The second kappa shape index (κ2) is 7.07. The number of aryl methyl sites for hydroxylation is 1. The van der Waals surface area contributed by atoms with Gasteiger partial charge in [0.15, 0.2) is 0 Å². The SMILES string of the molecule is COc1ccc(CC[C@H](c2cccnc2N)C(C)C)cn1. The first kappa shape index (κ1) is 15.3. The van der Waals surface area contributed by atoms with Gasteiger partial charge in [-0.05, 0) is 41.9 Å². The molecule has 0 radical (unpaired) electrons. The van der Waals surface area contributed by atoms with E-state index in [-0.39, 0.29) is 0 Å². The molecular formula is C17H23N3O. The van der Waals surface area contributed by atoms with Crippen LogP contribution in [0.1, 0.15) is 37.3 Å². The number of rotatable bonds is 6. The molecule has 0 spiro atoms. The number of nitrogen functional groups attached to an aromatic ring is 1. The monoisotopic (exact) mass is 285 g/mol. The van der Waals surface area contributed by atoms with E-state index in [4.69, 9.17) is 10.5 Å². The normalized spacial score (nSPS) is 12.4. The number of hydrogen-bond acceptors (Lipinski definition) is 4. The lowest BCUT2D eigenvalue weighted by atomic mass is 9.84. The van der Waals surface area contributed by atoms with E-state index < -0.39 is 0 Å². The number of nitrogens with zero attached hydrogens (tertiary/aromatic N) is 2. The van der Waals surface area contributed by atoms with Crippen LogP contribution < -0.4 is 10.5 Å². The van der Waals surface area contributed by atoms with Gasteiger partial charge in [-0.3, -0.25) is 0 Å². The van der Waals surface area contributed by atoms with Crippen molar-refractivity contribution < 1.29 is 4.74 Å². The summed E-state index contributed by atoms with van der Waals surface area (Å²) in [6.07, 6.45) is 5.61. The average molecular weight is 285 g/mol. The summed E-state index contributed by atoms with van der Waals surface area (Å²) in [7, 11) is 1.63. The Labute approximate surface area is 126 Å². The van der Waals surface area contributed by atoms with E-state index in [2.05, 4.69) is 35.9 Å². The molecule has 0 unspecified atom stereocenters. The third kappa shape index (κ3) is 3.94. The zero-order valence-corrected chi connectivity index (χ0v) is 12.9. The molecule has 0 fully saturated rings. The van der Waals surface area contributed by atoms with E-state index in [1.807, 2.05) is 18.3 Å². The van der Waals surface area contributed by atoms with Crippen molar-refractivity contribution in [2.45, 2.75) is 32.6 Å². The number of anilines is 1. The van der Waals surface area contributed by atoms with Gasteiger partial charge in [0.2, 0.25) is 5.88 Å². The number of hydrogen-bond donors (Lipinski definition) is 1. The predicted octanol–water partition coefficient (Wildman–Crippen LogP) is 3.44. The van der Waals surface area contributed by atoms with E-state index >= 15 is 0 Å². The molecule has 0 aliphatic carbocycles. The van der Waals surface area contributed by atoms with Crippen LogP contribution in [0.3, 0.4) is 0 Å². The topological polar surface area (TPSA) is 61.0 Å². The summed E-state index contributed by atoms with van der Waals surface area (Å²) >= 11 is 0. The molecule has 0 aromatic carbocycles. The predicted molar refractivity (Wildman–Crippen MR) is 85.3 cm³/mol. The average Bonchev–Trinajstić information content (AvgIpc) is 2.49. The van der Waals surface area contributed by atoms with Crippen LogP contribution in [0.5, 0.6) is 5.88 Å². The molecule has 21 heavy (non-hydrogen) atoms. The minimum atomic E-state index is 0.404. The molecule has 2 N–H and O–H groups in total. The lowest BCUT2D eigenvalue weighted by Crippen LogP contribution is -2.11. The molecule has 0 saturated carbocycles. The summed E-state index contributed by atoms with van der Waals surface area (Å²) < 4.78 is 5.08. The summed E-state index contributed by atoms with van der Waals surface area (Å²) in [4.78, 5) is 8.46. The minimum absolute atomic E-state index is 0.404. The van der Waals surface area contributed by atoms with Gasteiger partial charge in [-0.15, -0.1) is 0 Å². The van der Waals surface area contributed by atoms with E-state index in [1.54, 1.807) is 13.3 Å². The first-order valence-electron chi connectivity index (χ1n) is 7.31. The van der Waals surface area contributed by atoms with Crippen LogP contribution in [0.4, 0.5) is 5.82 Å². The highest BCUT2D eigenvalue weighted by molar-refractivity contribution is 5.41. The first-order chi connectivity index (χ1) is 10.1.